The van der Waals surface area contributed by atoms with Crippen LogP contribution in [0.1, 0.15) is 62.4 Å². The number of rotatable bonds is 13. The summed E-state index contributed by atoms with van der Waals surface area (Å²) in [5, 5.41) is 1.88. The van der Waals surface area contributed by atoms with Crippen molar-refractivity contribution in [1.82, 2.24) is 0 Å². The zero-order chi connectivity index (χ0) is 26.7. The molecule has 0 N–H and O–H groups in total. The fourth-order valence-corrected chi connectivity index (χ4v) is 4.51. The van der Waals surface area contributed by atoms with Crippen LogP contribution in [0, 0.1) is 0 Å². The first kappa shape index (κ1) is 27.1. The second-order valence-electron chi connectivity index (χ2n) is 9.72. The molecule has 0 unspecified atom stereocenters. The van der Waals surface area contributed by atoms with Crippen LogP contribution in [0.15, 0.2) is 89.9 Å². The van der Waals surface area contributed by atoms with Gasteiger partial charge in [-0.3, -0.25) is 9.79 Å². The van der Waals surface area contributed by atoms with E-state index in [1.54, 1.807) is 0 Å². The quantitative estimate of drug-likeness (QED) is 0.103. The lowest BCUT2D eigenvalue weighted by Gasteiger charge is -2.15. The minimum absolute atomic E-state index is 0.0211. The molecule has 0 saturated heterocycles. The number of nitrogens with zero attached hydrogens (tertiary/aromatic N) is 1. The van der Waals surface area contributed by atoms with Crippen LogP contribution in [0.4, 0.5) is 0 Å². The van der Waals surface area contributed by atoms with Gasteiger partial charge in [-0.1, -0.05) is 68.7 Å². The van der Waals surface area contributed by atoms with Gasteiger partial charge in [-0.05, 0) is 84.6 Å². The van der Waals surface area contributed by atoms with Gasteiger partial charge in [-0.25, -0.2) is 0 Å². The number of carbonyl (C=O) groups excluding carboxylic acids is 1. The lowest BCUT2D eigenvalue weighted by atomic mass is 9.89. The monoisotopic (exact) mass is 507 g/mol. The smallest absolute Gasteiger partial charge is 0.194 e. The molecule has 196 valence electrons. The predicted octanol–water partition coefficient (Wildman–Crippen LogP) is 8.55. The highest BCUT2D eigenvalue weighted by molar-refractivity contribution is 6.20. The molecule has 0 fully saturated rings. The molecule has 0 amide bonds. The van der Waals surface area contributed by atoms with Crippen LogP contribution >= 0.6 is 0 Å². The highest BCUT2D eigenvalue weighted by atomic mass is 16.5. The number of benzene rings is 4. The van der Waals surface area contributed by atoms with Gasteiger partial charge in [-0.15, -0.1) is 0 Å². The lowest BCUT2D eigenvalue weighted by molar-refractivity contribution is 0.104. The van der Waals surface area contributed by atoms with Gasteiger partial charge in [-0.2, -0.15) is 0 Å². The van der Waals surface area contributed by atoms with Crippen LogP contribution in [-0.2, 0) is 0 Å². The van der Waals surface area contributed by atoms with E-state index < -0.39 is 0 Å². The van der Waals surface area contributed by atoms with E-state index in [-0.39, 0.29) is 11.9 Å². The second-order valence-corrected chi connectivity index (χ2v) is 9.72. The SMILES string of the molecule is CCCCCCN=CCOc1ccc(C(=O)c2c(-c3ccccc3)ccc3cc(OC(C)C)ccc23)cc1. The van der Waals surface area contributed by atoms with Gasteiger partial charge in [0.15, 0.2) is 5.78 Å². The molecule has 0 aromatic heterocycles. The minimum Gasteiger partial charge on any atom is -0.491 e. The number of hydrogen-bond acceptors (Lipinski definition) is 4. The van der Waals surface area contributed by atoms with Crippen molar-refractivity contribution >= 4 is 22.8 Å². The normalized spacial score (nSPS) is 11.4. The fourth-order valence-electron chi connectivity index (χ4n) is 4.51. The van der Waals surface area contributed by atoms with Gasteiger partial charge in [0.1, 0.15) is 18.1 Å². The molecule has 0 atom stereocenters. The van der Waals surface area contributed by atoms with E-state index in [1.807, 2.05) is 98.9 Å². The molecule has 0 saturated carbocycles. The van der Waals surface area contributed by atoms with Gasteiger partial charge >= 0.3 is 0 Å². The van der Waals surface area contributed by atoms with Gasteiger partial charge < -0.3 is 9.47 Å². The number of carbonyl (C=O) groups is 1. The van der Waals surface area contributed by atoms with Crippen LogP contribution in [0.2, 0.25) is 0 Å². The van der Waals surface area contributed by atoms with E-state index in [0.717, 1.165) is 46.4 Å². The lowest BCUT2D eigenvalue weighted by Crippen LogP contribution is -2.07. The number of hydrogen-bond donors (Lipinski definition) is 0. The van der Waals surface area contributed by atoms with E-state index in [0.29, 0.717) is 17.7 Å². The standard InChI is InChI=1S/C34H37NO3/c1-4-5-6-10-21-35-22-23-37-29-16-13-27(14-17-29)34(36)33-31(26-11-8-7-9-12-26)19-15-28-24-30(38-25(2)3)18-20-32(28)33/h7-9,11-20,22,24-25H,4-6,10,21,23H2,1-3H3. The molecule has 4 aromatic carbocycles. The van der Waals surface area contributed by atoms with Crippen molar-refractivity contribution in [1.29, 1.82) is 0 Å². The zero-order valence-electron chi connectivity index (χ0n) is 22.7. The Balaban J connectivity index is 1.56. The molecule has 38 heavy (non-hydrogen) atoms. The summed E-state index contributed by atoms with van der Waals surface area (Å²) in [5.74, 6) is 1.49. The molecule has 0 heterocycles. The summed E-state index contributed by atoms with van der Waals surface area (Å²) in [6, 6.07) is 27.5. The molecule has 0 radical (unpaired) electrons. The van der Waals surface area contributed by atoms with E-state index in [4.69, 9.17) is 9.47 Å². The van der Waals surface area contributed by atoms with Gasteiger partial charge in [0.25, 0.3) is 0 Å². The molecular formula is C34H37NO3. The molecular weight excluding hydrogens is 470 g/mol. The van der Waals surface area contributed by atoms with Crippen LogP contribution in [0.5, 0.6) is 11.5 Å². The topological polar surface area (TPSA) is 47.9 Å². The van der Waals surface area contributed by atoms with Gasteiger partial charge in [0, 0.05) is 23.9 Å². The third-order valence-corrected chi connectivity index (χ3v) is 6.39. The van der Waals surface area contributed by atoms with Crippen LogP contribution in [-0.4, -0.2) is 31.3 Å². The molecule has 4 aromatic rings. The third kappa shape index (κ3) is 7.10. The molecule has 4 heteroatoms. The molecule has 4 rings (SSSR count). The molecule has 0 bridgehead atoms. The summed E-state index contributed by atoms with van der Waals surface area (Å²) in [4.78, 5) is 18.4. The van der Waals surface area contributed by atoms with Crippen LogP contribution < -0.4 is 9.47 Å². The fraction of sp³-hybridized carbons (Fsp3) is 0.294. The zero-order valence-corrected chi connectivity index (χ0v) is 22.7. The van der Waals surface area contributed by atoms with Crippen molar-refractivity contribution < 1.29 is 14.3 Å². The first-order chi connectivity index (χ1) is 18.6. The molecule has 0 aliphatic heterocycles. The van der Waals surface area contributed by atoms with Crippen LogP contribution in [0.3, 0.4) is 0 Å². The molecule has 0 aliphatic rings. The van der Waals surface area contributed by atoms with Crippen molar-refractivity contribution in [3.63, 3.8) is 0 Å². The Morgan fingerprint density at radius 1 is 0.868 bits per heavy atom. The number of aliphatic imine (C=N–C) groups is 1. The Morgan fingerprint density at radius 3 is 2.37 bits per heavy atom. The number of fused-ring (bicyclic) bond motifs is 1. The Bertz CT molecular complexity index is 1360. The summed E-state index contributed by atoms with van der Waals surface area (Å²) in [6.45, 7) is 7.48. The van der Waals surface area contributed by atoms with Crippen molar-refractivity contribution in [2.45, 2.75) is 52.6 Å². The minimum atomic E-state index is -0.0211. The van der Waals surface area contributed by atoms with Crippen molar-refractivity contribution in [2.24, 2.45) is 4.99 Å². The molecule has 4 nitrogen and oxygen atoms in total. The van der Waals surface area contributed by atoms with Crippen molar-refractivity contribution in [3.05, 3.63) is 96.1 Å². The number of ketones is 1. The highest BCUT2D eigenvalue weighted by Gasteiger charge is 2.19. The Hall–Kier alpha value is -3.92. The van der Waals surface area contributed by atoms with Gasteiger partial charge in [0.05, 0.1) is 6.10 Å². The van der Waals surface area contributed by atoms with E-state index in [1.165, 1.54) is 19.3 Å². The third-order valence-electron chi connectivity index (χ3n) is 6.39. The van der Waals surface area contributed by atoms with E-state index >= 15 is 0 Å². The summed E-state index contributed by atoms with van der Waals surface area (Å²) < 4.78 is 11.7. The average Bonchev–Trinajstić information content (AvgIpc) is 2.94. The van der Waals surface area contributed by atoms with Crippen molar-refractivity contribution in [3.8, 4) is 22.6 Å². The highest BCUT2D eigenvalue weighted by Crippen LogP contribution is 2.34. The molecule has 0 aliphatic carbocycles. The van der Waals surface area contributed by atoms with Crippen molar-refractivity contribution in [2.75, 3.05) is 13.2 Å². The summed E-state index contributed by atoms with van der Waals surface area (Å²) in [6.07, 6.45) is 6.73. The number of ether oxygens (including phenoxy) is 2. The maximum Gasteiger partial charge on any atom is 0.194 e. The van der Waals surface area contributed by atoms with Crippen LogP contribution in [0.25, 0.3) is 21.9 Å². The molecule has 0 spiro atoms. The largest absolute Gasteiger partial charge is 0.491 e. The maximum absolute atomic E-state index is 13.9. The predicted molar refractivity (Wildman–Crippen MR) is 158 cm³/mol. The first-order valence-corrected chi connectivity index (χ1v) is 13.6. The van der Waals surface area contributed by atoms with E-state index in [9.17, 15) is 4.79 Å². The van der Waals surface area contributed by atoms with Gasteiger partial charge in [0.2, 0.25) is 0 Å². The summed E-state index contributed by atoms with van der Waals surface area (Å²) in [5.41, 5.74) is 3.23. The average molecular weight is 508 g/mol. The Morgan fingerprint density at radius 2 is 1.63 bits per heavy atom. The maximum atomic E-state index is 13.9. The first-order valence-electron chi connectivity index (χ1n) is 13.6. The number of unbranched alkanes of at least 4 members (excludes halogenated alkanes) is 3. The van der Waals surface area contributed by atoms with E-state index in [2.05, 4.69) is 18.0 Å². The Labute approximate surface area is 226 Å². The Kier molecular flexibility index (Phi) is 9.69. The second kappa shape index (κ2) is 13.6. The summed E-state index contributed by atoms with van der Waals surface area (Å²) >= 11 is 0. The summed E-state index contributed by atoms with van der Waals surface area (Å²) in [7, 11) is 0.